The highest BCUT2D eigenvalue weighted by Gasteiger charge is 2.42. The summed E-state index contributed by atoms with van der Waals surface area (Å²) in [6.45, 7) is 7.28. The van der Waals surface area contributed by atoms with Crippen molar-refractivity contribution in [2.75, 3.05) is 13.2 Å². The summed E-state index contributed by atoms with van der Waals surface area (Å²) in [4.78, 5) is 34.2. The maximum absolute atomic E-state index is 11.7. The molecule has 0 bridgehead atoms. The zero-order valence-corrected chi connectivity index (χ0v) is 24.0. The van der Waals surface area contributed by atoms with Gasteiger partial charge in [-0.1, -0.05) is 30.7 Å². The predicted molar refractivity (Wildman–Crippen MR) is 157 cm³/mol. The lowest BCUT2D eigenvalue weighted by molar-refractivity contribution is -0.115. The lowest BCUT2D eigenvalue weighted by Crippen LogP contribution is -2.48. The Balaban J connectivity index is 1.40. The Hall–Kier alpha value is -3.66. The number of imidazole rings is 1. The van der Waals surface area contributed by atoms with E-state index in [0.717, 1.165) is 56.4 Å². The number of nitrogens with two attached hydrogens (primary N) is 1. The molecule has 1 aromatic heterocycles. The van der Waals surface area contributed by atoms with Crippen molar-refractivity contribution < 1.29 is 23.8 Å². The molecule has 41 heavy (non-hydrogen) atoms. The number of H-pyrrole nitrogens is 1. The summed E-state index contributed by atoms with van der Waals surface area (Å²) in [6, 6.07) is 13.8. The molecule has 1 amide bonds. The maximum atomic E-state index is 11.7. The van der Waals surface area contributed by atoms with Gasteiger partial charge in [0.25, 0.3) is 0 Å². The van der Waals surface area contributed by atoms with E-state index in [1.807, 2.05) is 38.1 Å². The molecule has 0 spiro atoms. The Kier molecular flexibility index (Phi) is 7.36. The van der Waals surface area contributed by atoms with E-state index in [0.29, 0.717) is 31.2 Å². The predicted octanol–water partition coefficient (Wildman–Crippen LogP) is 5.77. The van der Waals surface area contributed by atoms with Gasteiger partial charge in [0, 0.05) is 35.2 Å². The third kappa shape index (κ3) is 5.03. The average molecular weight is 577 g/mol. The highest BCUT2D eigenvalue weighted by molar-refractivity contribution is 6.30. The van der Waals surface area contributed by atoms with Crippen molar-refractivity contribution in [3.63, 3.8) is 0 Å². The molecule has 0 aliphatic carbocycles. The fourth-order valence-electron chi connectivity index (χ4n) is 6.37. The molecule has 3 heterocycles. The SMILES string of the molecule is CCO[C@H]1C[C@@H](c2nc3c(ccc4cc5c(cc43)OCc3cc(Cl)ccc3-5)[nH]2)N(C(C)[C@@H](OC(N)=O)C(C)C=O)C1. The van der Waals surface area contributed by atoms with Crippen LogP contribution in [0.2, 0.25) is 5.02 Å². The van der Waals surface area contributed by atoms with Gasteiger partial charge in [0.05, 0.1) is 29.1 Å². The summed E-state index contributed by atoms with van der Waals surface area (Å²) >= 11 is 6.22. The van der Waals surface area contributed by atoms with Crippen molar-refractivity contribution >= 4 is 45.8 Å². The molecule has 214 valence electrons. The number of amides is 1. The van der Waals surface area contributed by atoms with Crippen LogP contribution in [0, 0.1) is 5.92 Å². The Morgan fingerprint density at radius 3 is 2.83 bits per heavy atom. The van der Waals surface area contributed by atoms with Crippen molar-refractivity contribution in [2.45, 2.75) is 58.1 Å². The van der Waals surface area contributed by atoms with E-state index in [1.54, 1.807) is 6.92 Å². The summed E-state index contributed by atoms with van der Waals surface area (Å²) < 4.78 is 17.6. The van der Waals surface area contributed by atoms with E-state index in [1.165, 1.54) is 0 Å². The number of rotatable bonds is 8. The molecule has 0 saturated carbocycles. The molecule has 3 aromatic carbocycles. The number of aromatic amines is 1. The third-order valence-electron chi connectivity index (χ3n) is 8.33. The fraction of sp³-hybridized carbons (Fsp3) is 0.387. The van der Waals surface area contributed by atoms with Gasteiger partial charge in [-0.2, -0.15) is 0 Å². The standard InChI is InChI=1S/C31H33ClN4O5/c1-4-39-21-11-26(36(13-21)17(3)29(16(2)14-37)41-31(33)38)30-34-25-8-5-18-10-24-22-7-6-20(32)9-19(22)15-40-27(24)12-23(18)28(25)35-30/h5-10,12,14,16-17,21,26,29H,4,11,13,15H2,1-3H3,(H2,33,38)(H,34,35)/t16?,17?,21-,26-,29-/m0/s1. The number of hydrogen-bond acceptors (Lipinski definition) is 7. The Morgan fingerprint density at radius 1 is 1.24 bits per heavy atom. The summed E-state index contributed by atoms with van der Waals surface area (Å²) in [5, 5.41) is 2.74. The lowest BCUT2D eigenvalue weighted by Gasteiger charge is -2.35. The second-order valence-corrected chi connectivity index (χ2v) is 11.3. The largest absolute Gasteiger partial charge is 0.488 e. The van der Waals surface area contributed by atoms with Crippen LogP contribution in [0.1, 0.15) is 44.6 Å². The minimum Gasteiger partial charge on any atom is -0.488 e. The highest BCUT2D eigenvalue weighted by Crippen LogP contribution is 2.43. The quantitative estimate of drug-likeness (QED) is 0.256. The molecular formula is C31H33ClN4O5. The van der Waals surface area contributed by atoms with Crippen LogP contribution in [-0.2, 0) is 20.9 Å². The molecular weight excluding hydrogens is 544 g/mol. The number of nitrogens with zero attached hydrogens (tertiary/aromatic N) is 2. The Labute approximate surface area is 242 Å². The molecule has 6 rings (SSSR count). The normalized spacial score (nSPS) is 20.7. The first-order valence-corrected chi connectivity index (χ1v) is 14.3. The van der Waals surface area contributed by atoms with Gasteiger partial charge in [-0.3, -0.25) is 4.90 Å². The summed E-state index contributed by atoms with van der Waals surface area (Å²) in [5.74, 6) is 1.07. The summed E-state index contributed by atoms with van der Waals surface area (Å²) in [5.41, 5.74) is 10.4. The van der Waals surface area contributed by atoms with Crippen molar-refractivity contribution in [1.82, 2.24) is 14.9 Å². The van der Waals surface area contributed by atoms with Crippen LogP contribution >= 0.6 is 11.6 Å². The van der Waals surface area contributed by atoms with E-state index < -0.39 is 18.1 Å². The molecule has 1 saturated heterocycles. The molecule has 2 unspecified atom stereocenters. The van der Waals surface area contributed by atoms with E-state index in [9.17, 15) is 9.59 Å². The first-order chi connectivity index (χ1) is 19.8. The fourth-order valence-corrected chi connectivity index (χ4v) is 6.57. The number of primary amides is 1. The molecule has 1 fully saturated rings. The smallest absolute Gasteiger partial charge is 0.404 e. The monoisotopic (exact) mass is 576 g/mol. The first kappa shape index (κ1) is 27.5. The van der Waals surface area contributed by atoms with Crippen LogP contribution in [0.15, 0.2) is 42.5 Å². The van der Waals surface area contributed by atoms with Crippen molar-refractivity contribution in [3.8, 4) is 16.9 Å². The number of aromatic nitrogens is 2. The molecule has 9 nitrogen and oxygen atoms in total. The van der Waals surface area contributed by atoms with Crippen LogP contribution in [0.25, 0.3) is 32.9 Å². The number of likely N-dealkylation sites (tertiary alicyclic amines) is 1. The van der Waals surface area contributed by atoms with Crippen LogP contribution in [-0.4, -0.2) is 58.6 Å². The topological polar surface area (TPSA) is 120 Å². The van der Waals surface area contributed by atoms with Crippen molar-refractivity contribution in [1.29, 1.82) is 0 Å². The van der Waals surface area contributed by atoms with E-state index >= 15 is 0 Å². The zero-order valence-electron chi connectivity index (χ0n) is 23.2. The van der Waals surface area contributed by atoms with Gasteiger partial charge in [0.2, 0.25) is 0 Å². The van der Waals surface area contributed by atoms with Crippen molar-refractivity contribution in [2.24, 2.45) is 11.7 Å². The molecule has 4 aromatic rings. The number of carbonyl (C=O) groups is 2. The van der Waals surface area contributed by atoms with Crippen LogP contribution < -0.4 is 10.5 Å². The van der Waals surface area contributed by atoms with Crippen molar-refractivity contribution in [3.05, 3.63) is 58.9 Å². The van der Waals surface area contributed by atoms with E-state index in [-0.39, 0.29) is 18.2 Å². The number of hydrogen-bond donors (Lipinski definition) is 2. The van der Waals surface area contributed by atoms with Gasteiger partial charge in [-0.15, -0.1) is 0 Å². The number of ether oxygens (including phenoxy) is 3. The van der Waals surface area contributed by atoms with Crippen LogP contribution in [0.3, 0.4) is 0 Å². The second kappa shape index (κ2) is 11.0. The van der Waals surface area contributed by atoms with Gasteiger partial charge < -0.3 is 29.7 Å². The maximum Gasteiger partial charge on any atom is 0.404 e. The van der Waals surface area contributed by atoms with Gasteiger partial charge in [0.15, 0.2) is 0 Å². The minimum atomic E-state index is -0.904. The third-order valence-corrected chi connectivity index (χ3v) is 8.56. The number of carbonyl (C=O) groups excluding carboxylic acids is 2. The number of halogens is 1. The number of nitrogens with one attached hydrogen (secondary N) is 1. The molecule has 2 aliphatic rings. The summed E-state index contributed by atoms with van der Waals surface area (Å²) in [6.07, 6.45) is -0.156. The van der Waals surface area contributed by atoms with Gasteiger partial charge >= 0.3 is 6.09 Å². The highest BCUT2D eigenvalue weighted by atomic mass is 35.5. The molecule has 2 aliphatic heterocycles. The van der Waals surface area contributed by atoms with Crippen LogP contribution in [0.4, 0.5) is 4.79 Å². The van der Waals surface area contributed by atoms with Crippen LogP contribution in [0.5, 0.6) is 5.75 Å². The van der Waals surface area contributed by atoms with Gasteiger partial charge in [0.1, 0.15) is 30.6 Å². The Bertz CT molecular complexity index is 1640. The molecule has 3 N–H and O–H groups in total. The number of aldehydes is 1. The van der Waals surface area contributed by atoms with Gasteiger partial charge in [-0.25, -0.2) is 9.78 Å². The number of benzene rings is 3. The second-order valence-electron chi connectivity index (χ2n) is 10.9. The first-order valence-electron chi connectivity index (χ1n) is 13.9. The minimum absolute atomic E-state index is 0.0350. The Morgan fingerprint density at radius 2 is 2.07 bits per heavy atom. The van der Waals surface area contributed by atoms with Gasteiger partial charge in [-0.05, 0) is 67.1 Å². The molecule has 5 atom stereocenters. The number of fused-ring (bicyclic) bond motifs is 6. The van der Waals surface area contributed by atoms with E-state index in [4.69, 9.17) is 36.5 Å². The average Bonchev–Trinajstić information content (AvgIpc) is 3.58. The molecule has 0 radical (unpaired) electrons. The zero-order chi connectivity index (χ0) is 28.8. The lowest BCUT2D eigenvalue weighted by atomic mass is 9.94. The molecule has 10 heteroatoms. The summed E-state index contributed by atoms with van der Waals surface area (Å²) in [7, 11) is 0. The van der Waals surface area contributed by atoms with E-state index in [2.05, 4.69) is 28.1 Å².